The summed E-state index contributed by atoms with van der Waals surface area (Å²) in [5.74, 6) is -0.281. The first-order valence-electron chi connectivity index (χ1n) is 13.3. The van der Waals surface area contributed by atoms with E-state index in [9.17, 15) is 14.7 Å². The van der Waals surface area contributed by atoms with Gasteiger partial charge < -0.3 is 37.4 Å². The van der Waals surface area contributed by atoms with Crippen molar-refractivity contribution in [3.63, 3.8) is 0 Å². The lowest BCUT2D eigenvalue weighted by Gasteiger charge is -2.46. The van der Waals surface area contributed by atoms with Gasteiger partial charge >= 0.3 is 0 Å². The van der Waals surface area contributed by atoms with Gasteiger partial charge in [0, 0.05) is 24.3 Å². The lowest BCUT2D eigenvalue weighted by Crippen LogP contribution is -2.73. The molecule has 1 fully saturated rings. The number of hydrogen-bond acceptors (Lipinski definition) is 10. The number of carbonyl (C=O) groups is 2. The fourth-order valence-electron chi connectivity index (χ4n) is 6.40. The number of aliphatic hydroxyl groups is 1. The SMILES string of the molecule is Cc1cccc(C(=O)NC[C@@H]2N=C(N)N3CC(NC(=O)c4cccc5c4CCCC5)[C@@H](O)C34NC(N)=NC24)n1. The van der Waals surface area contributed by atoms with Crippen LogP contribution in [0.15, 0.2) is 46.4 Å². The van der Waals surface area contributed by atoms with Gasteiger partial charge in [-0.2, -0.15) is 0 Å². The maximum Gasteiger partial charge on any atom is 0.269 e. The van der Waals surface area contributed by atoms with Crippen LogP contribution in [0.5, 0.6) is 0 Å². The van der Waals surface area contributed by atoms with E-state index in [4.69, 9.17) is 11.5 Å². The molecule has 204 valence electrons. The van der Waals surface area contributed by atoms with E-state index in [1.807, 2.05) is 25.1 Å². The summed E-state index contributed by atoms with van der Waals surface area (Å²) >= 11 is 0. The fraction of sp³-hybridized carbons (Fsp3) is 0.444. The monoisotopic (exact) mass is 531 g/mol. The normalized spacial score (nSPS) is 28.8. The van der Waals surface area contributed by atoms with E-state index in [0.717, 1.165) is 36.9 Å². The number of hydrogen-bond donors (Lipinski definition) is 6. The Hall–Kier alpha value is -4.19. The van der Waals surface area contributed by atoms with Gasteiger partial charge in [-0.15, -0.1) is 0 Å². The molecular weight excluding hydrogens is 498 g/mol. The first-order chi connectivity index (χ1) is 18.8. The Labute approximate surface area is 226 Å². The molecule has 0 saturated carbocycles. The maximum absolute atomic E-state index is 13.4. The Morgan fingerprint density at radius 2 is 1.92 bits per heavy atom. The second-order valence-corrected chi connectivity index (χ2v) is 10.6. The van der Waals surface area contributed by atoms with Gasteiger partial charge in [-0.25, -0.2) is 15.0 Å². The Morgan fingerprint density at radius 1 is 1.13 bits per heavy atom. The van der Waals surface area contributed by atoms with Gasteiger partial charge in [-0.1, -0.05) is 18.2 Å². The second-order valence-electron chi connectivity index (χ2n) is 10.6. The molecule has 8 N–H and O–H groups in total. The molecule has 39 heavy (non-hydrogen) atoms. The van der Waals surface area contributed by atoms with Crippen molar-refractivity contribution in [1.29, 1.82) is 0 Å². The van der Waals surface area contributed by atoms with Crippen molar-refractivity contribution >= 4 is 23.7 Å². The number of guanidine groups is 2. The number of nitrogens with zero attached hydrogens (tertiary/aromatic N) is 4. The van der Waals surface area contributed by atoms with Crippen molar-refractivity contribution in [2.24, 2.45) is 21.5 Å². The molecule has 12 heteroatoms. The van der Waals surface area contributed by atoms with Crippen LogP contribution in [0, 0.1) is 6.92 Å². The Kier molecular flexibility index (Phi) is 6.13. The van der Waals surface area contributed by atoms with Gasteiger partial charge in [-0.05, 0) is 61.9 Å². The summed E-state index contributed by atoms with van der Waals surface area (Å²) in [7, 11) is 0. The average molecular weight is 532 g/mol. The summed E-state index contributed by atoms with van der Waals surface area (Å²) < 4.78 is 0. The molecule has 0 radical (unpaired) electrons. The number of carbonyl (C=O) groups excluding carboxylic acids is 2. The van der Waals surface area contributed by atoms with Crippen molar-refractivity contribution in [3.05, 3.63) is 64.5 Å². The Bertz CT molecular complexity index is 1390. The number of benzene rings is 1. The van der Waals surface area contributed by atoms with E-state index in [0.29, 0.717) is 11.3 Å². The van der Waals surface area contributed by atoms with Crippen LogP contribution in [-0.4, -0.2) is 81.7 Å². The lowest BCUT2D eigenvalue weighted by atomic mass is 9.87. The Balaban J connectivity index is 1.22. The third-order valence-electron chi connectivity index (χ3n) is 8.20. The fourth-order valence-corrected chi connectivity index (χ4v) is 6.40. The molecule has 1 aromatic heterocycles. The number of aryl methyl sites for hydroxylation is 2. The quantitative estimate of drug-likeness (QED) is 0.288. The number of aliphatic hydroxyl groups excluding tert-OH is 1. The van der Waals surface area contributed by atoms with E-state index in [1.165, 1.54) is 5.56 Å². The standard InChI is InChI=1S/C27H33N9O3/c1-14-6-4-11-18(31-14)24(39)30-12-19-21-27(35-25(28)34-21)22(37)20(13-36(27)26(29)33-19)32-23(38)17-10-5-8-15-7-2-3-9-16(15)17/h4-6,8,10-11,19-22,37H,2-3,7,9,12-13H2,1H3,(H2,29,33)(H,30,39)(H,32,38)(H3,28,34,35)/t19-,20?,21?,22+,27?/m0/s1. The highest BCUT2D eigenvalue weighted by Gasteiger charge is 2.65. The molecule has 4 aliphatic rings. The summed E-state index contributed by atoms with van der Waals surface area (Å²) in [5, 5.41) is 20.7. The van der Waals surface area contributed by atoms with Gasteiger partial charge in [0.2, 0.25) is 0 Å². The van der Waals surface area contributed by atoms with Crippen molar-refractivity contribution in [2.45, 2.75) is 62.5 Å². The average Bonchev–Trinajstić information content (AvgIpc) is 3.43. The van der Waals surface area contributed by atoms with Crippen molar-refractivity contribution in [3.8, 4) is 0 Å². The highest BCUT2D eigenvalue weighted by molar-refractivity contribution is 5.97. The van der Waals surface area contributed by atoms with E-state index in [-0.39, 0.29) is 36.8 Å². The minimum atomic E-state index is -1.21. The number of fused-ring (bicyclic) bond motifs is 1. The van der Waals surface area contributed by atoms with E-state index < -0.39 is 29.9 Å². The summed E-state index contributed by atoms with van der Waals surface area (Å²) in [6.07, 6.45) is 2.88. The number of nitrogens with two attached hydrogens (primary N) is 2. The van der Waals surface area contributed by atoms with Crippen LogP contribution < -0.4 is 27.4 Å². The third kappa shape index (κ3) is 4.15. The van der Waals surface area contributed by atoms with Gasteiger partial charge in [0.05, 0.1) is 12.1 Å². The maximum atomic E-state index is 13.4. The summed E-state index contributed by atoms with van der Waals surface area (Å²) in [4.78, 5) is 41.3. The van der Waals surface area contributed by atoms with Crippen LogP contribution in [0.1, 0.15) is 50.5 Å². The smallest absolute Gasteiger partial charge is 0.269 e. The molecule has 6 rings (SSSR count). The van der Waals surface area contributed by atoms with Gasteiger partial charge in [0.25, 0.3) is 11.8 Å². The number of rotatable bonds is 5. The summed E-state index contributed by atoms with van der Waals surface area (Å²) in [6.45, 7) is 2.13. The molecule has 1 aliphatic carbocycles. The lowest BCUT2D eigenvalue weighted by molar-refractivity contribution is 0.0144. The molecule has 4 heterocycles. The van der Waals surface area contributed by atoms with Crippen LogP contribution in [0.3, 0.4) is 0 Å². The van der Waals surface area contributed by atoms with Crippen molar-refractivity contribution < 1.29 is 14.7 Å². The van der Waals surface area contributed by atoms with Crippen molar-refractivity contribution in [1.82, 2.24) is 25.8 Å². The van der Waals surface area contributed by atoms with Crippen LogP contribution in [-0.2, 0) is 12.8 Å². The molecule has 5 atom stereocenters. The van der Waals surface area contributed by atoms with Gasteiger partial charge in [-0.3, -0.25) is 9.59 Å². The molecule has 1 saturated heterocycles. The zero-order valence-electron chi connectivity index (χ0n) is 21.7. The predicted molar refractivity (Wildman–Crippen MR) is 145 cm³/mol. The third-order valence-corrected chi connectivity index (χ3v) is 8.20. The van der Waals surface area contributed by atoms with Crippen LogP contribution in [0.4, 0.5) is 0 Å². The second kappa shape index (κ2) is 9.53. The first kappa shape index (κ1) is 25.1. The van der Waals surface area contributed by atoms with E-state index >= 15 is 0 Å². The summed E-state index contributed by atoms with van der Waals surface area (Å²) in [5.41, 5.74) is 15.2. The minimum absolute atomic E-state index is 0.105. The summed E-state index contributed by atoms with van der Waals surface area (Å²) in [6, 6.07) is 9.11. The van der Waals surface area contributed by atoms with E-state index in [1.54, 1.807) is 17.0 Å². The van der Waals surface area contributed by atoms with Crippen LogP contribution >= 0.6 is 0 Å². The molecule has 3 aliphatic heterocycles. The number of nitrogens with one attached hydrogen (secondary N) is 3. The minimum Gasteiger partial charge on any atom is -0.386 e. The van der Waals surface area contributed by atoms with Crippen molar-refractivity contribution in [2.75, 3.05) is 13.1 Å². The van der Waals surface area contributed by atoms with Crippen LogP contribution in [0.25, 0.3) is 0 Å². The molecule has 1 aromatic carbocycles. The zero-order chi connectivity index (χ0) is 27.3. The molecule has 2 amide bonds. The Morgan fingerprint density at radius 3 is 2.74 bits per heavy atom. The topological polar surface area (TPSA) is 183 Å². The molecule has 0 bridgehead atoms. The molecule has 12 nitrogen and oxygen atoms in total. The van der Waals surface area contributed by atoms with Gasteiger partial charge in [0.15, 0.2) is 17.6 Å². The molecular formula is C27H33N9O3. The predicted octanol–water partition coefficient (Wildman–Crippen LogP) is -0.847. The molecule has 1 spiro atoms. The highest BCUT2D eigenvalue weighted by Crippen LogP contribution is 2.40. The number of aromatic nitrogens is 1. The van der Waals surface area contributed by atoms with E-state index in [2.05, 4.69) is 37.0 Å². The first-order valence-corrected chi connectivity index (χ1v) is 13.3. The van der Waals surface area contributed by atoms with Gasteiger partial charge in [0.1, 0.15) is 17.8 Å². The zero-order valence-corrected chi connectivity index (χ0v) is 21.7. The highest BCUT2D eigenvalue weighted by atomic mass is 16.3. The number of pyridine rings is 1. The number of aliphatic imine (C=N–C) groups is 2. The molecule has 3 unspecified atom stereocenters. The van der Waals surface area contributed by atoms with Crippen LogP contribution in [0.2, 0.25) is 0 Å². The number of amides is 2. The molecule has 2 aromatic rings. The largest absolute Gasteiger partial charge is 0.386 e.